The van der Waals surface area contributed by atoms with Crippen molar-refractivity contribution in [3.05, 3.63) is 42.4 Å². The highest BCUT2D eigenvalue weighted by Gasteiger charge is 2.01. The van der Waals surface area contributed by atoms with Gasteiger partial charge < -0.3 is 10.5 Å². The Hall–Kier alpha value is -2.10. The van der Waals surface area contributed by atoms with E-state index >= 15 is 0 Å². The molecule has 0 spiro atoms. The number of rotatable bonds is 2. The Kier molecular flexibility index (Phi) is 2.49. The van der Waals surface area contributed by atoms with Gasteiger partial charge in [-0.15, -0.1) is 0 Å². The molecular weight excluding hydrogens is 190 g/mol. The number of hydrogen-bond donors (Lipinski definition) is 1. The summed E-state index contributed by atoms with van der Waals surface area (Å²) in [5.74, 6) is 1.22. The van der Waals surface area contributed by atoms with Gasteiger partial charge in [-0.2, -0.15) is 0 Å². The smallest absolute Gasteiger partial charge is 0.219 e. The lowest BCUT2D eigenvalue weighted by Gasteiger charge is -2.06. The number of aryl methyl sites for hydroxylation is 1. The van der Waals surface area contributed by atoms with Crippen molar-refractivity contribution < 1.29 is 4.74 Å². The van der Waals surface area contributed by atoms with E-state index in [1.165, 1.54) is 0 Å². The van der Waals surface area contributed by atoms with Crippen molar-refractivity contribution in [2.45, 2.75) is 6.92 Å². The molecule has 4 nitrogen and oxygen atoms in total. The van der Waals surface area contributed by atoms with Gasteiger partial charge in [-0.05, 0) is 24.6 Å². The molecule has 2 aromatic rings. The van der Waals surface area contributed by atoms with Crippen molar-refractivity contribution in [3.63, 3.8) is 0 Å². The van der Waals surface area contributed by atoms with Crippen LogP contribution in [-0.2, 0) is 0 Å². The first-order chi connectivity index (χ1) is 7.25. The number of hydrogen-bond acceptors (Lipinski definition) is 4. The van der Waals surface area contributed by atoms with Gasteiger partial charge in [0, 0.05) is 12.3 Å². The lowest BCUT2D eigenvalue weighted by Crippen LogP contribution is -1.92. The molecule has 2 aromatic heterocycles. The fourth-order valence-corrected chi connectivity index (χ4v) is 1.12. The molecule has 2 heterocycles. The van der Waals surface area contributed by atoms with Crippen LogP contribution >= 0.6 is 0 Å². The van der Waals surface area contributed by atoms with E-state index in [0.29, 0.717) is 17.3 Å². The minimum absolute atomic E-state index is 0.514. The quantitative estimate of drug-likeness (QED) is 0.808. The SMILES string of the molecule is Cc1ccncc1Oc1ccc(N)cn1. The third-order valence-electron chi connectivity index (χ3n) is 1.96. The van der Waals surface area contributed by atoms with Gasteiger partial charge in [0.2, 0.25) is 5.88 Å². The van der Waals surface area contributed by atoms with Crippen molar-refractivity contribution >= 4 is 5.69 Å². The van der Waals surface area contributed by atoms with Crippen LogP contribution in [0.3, 0.4) is 0 Å². The van der Waals surface area contributed by atoms with Gasteiger partial charge >= 0.3 is 0 Å². The Balaban J connectivity index is 2.22. The number of nitrogens with two attached hydrogens (primary N) is 1. The molecule has 0 atom stereocenters. The summed E-state index contributed by atoms with van der Waals surface area (Å²) < 4.78 is 5.53. The number of ether oxygens (including phenoxy) is 1. The molecule has 0 amide bonds. The van der Waals surface area contributed by atoms with E-state index in [4.69, 9.17) is 10.5 Å². The van der Waals surface area contributed by atoms with Crippen molar-refractivity contribution in [1.82, 2.24) is 9.97 Å². The van der Waals surface area contributed by atoms with Gasteiger partial charge in [0.05, 0.1) is 18.1 Å². The van der Waals surface area contributed by atoms with Gasteiger partial charge in [0.25, 0.3) is 0 Å². The number of nitrogens with zero attached hydrogens (tertiary/aromatic N) is 2. The lowest BCUT2D eigenvalue weighted by atomic mass is 10.3. The highest BCUT2D eigenvalue weighted by molar-refractivity contribution is 5.38. The zero-order chi connectivity index (χ0) is 10.7. The first-order valence-electron chi connectivity index (χ1n) is 4.56. The van der Waals surface area contributed by atoms with E-state index in [1.807, 2.05) is 13.0 Å². The summed E-state index contributed by atoms with van der Waals surface area (Å²) in [5.41, 5.74) is 7.15. The minimum Gasteiger partial charge on any atom is -0.437 e. The van der Waals surface area contributed by atoms with Crippen LogP contribution < -0.4 is 10.5 Å². The Morgan fingerprint density at radius 2 is 2.07 bits per heavy atom. The van der Waals surface area contributed by atoms with E-state index in [-0.39, 0.29) is 0 Å². The second-order valence-electron chi connectivity index (χ2n) is 3.17. The van der Waals surface area contributed by atoms with E-state index < -0.39 is 0 Å². The molecule has 0 bridgehead atoms. The second-order valence-corrected chi connectivity index (χ2v) is 3.17. The van der Waals surface area contributed by atoms with Crippen LogP contribution in [-0.4, -0.2) is 9.97 Å². The van der Waals surface area contributed by atoms with Gasteiger partial charge in [-0.1, -0.05) is 0 Å². The summed E-state index contributed by atoms with van der Waals surface area (Å²) in [6.07, 6.45) is 4.94. The highest BCUT2D eigenvalue weighted by Crippen LogP contribution is 2.21. The van der Waals surface area contributed by atoms with E-state index in [9.17, 15) is 0 Å². The zero-order valence-electron chi connectivity index (χ0n) is 8.34. The molecule has 2 rings (SSSR count). The van der Waals surface area contributed by atoms with Crippen molar-refractivity contribution in [3.8, 4) is 11.6 Å². The molecule has 2 N–H and O–H groups in total. The predicted molar refractivity (Wildman–Crippen MR) is 57.7 cm³/mol. The van der Waals surface area contributed by atoms with Crippen LogP contribution in [0.4, 0.5) is 5.69 Å². The van der Waals surface area contributed by atoms with Gasteiger partial charge in [-0.25, -0.2) is 4.98 Å². The van der Waals surface area contributed by atoms with Crippen LogP contribution in [0, 0.1) is 6.92 Å². The second kappa shape index (κ2) is 3.96. The Bertz CT molecular complexity index is 454. The molecule has 76 valence electrons. The maximum absolute atomic E-state index is 5.53. The van der Waals surface area contributed by atoms with Crippen molar-refractivity contribution in [1.29, 1.82) is 0 Å². The number of nitrogen functional groups attached to an aromatic ring is 1. The molecule has 0 aliphatic carbocycles. The first kappa shape index (κ1) is 9.45. The minimum atomic E-state index is 0.514. The summed E-state index contributed by atoms with van der Waals surface area (Å²) >= 11 is 0. The Labute approximate surface area is 87.7 Å². The molecule has 0 aliphatic heterocycles. The normalized spacial score (nSPS) is 9.93. The summed E-state index contributed by atoms with van der Waals surface area (Å²) in [5, 5.41) is 0. The monoisotopic (exact) mass is 201 g/mol. The molecule has 0 aromatic carbocycles. The Morgan fingerprint density at radius 1 is 1.20 bits per heavy atom. The standard InChI is InChI=1S/C11H11N3O/c1-8-4-5-13-7-10(8)15-11-3-2-9(12)6-14-11/h2-7H,12H2,1H3. The van der Waals surface area contributed by atoms with E-state index in [0.717, 1.165) is 5.56 Å². The summed E-state index contributed by atoms with van der Waals surface area (Å²) in [6, 6.07) is 5.35. The van der Waals surface area contributed by atoms with E-state index in [2.05, 4.69) is 9.97 Å². The number of pyridine rings is 2. The average Bonchev–Trinajstić information content (AvgIpc) is 2.25. The van der Waals surface area contributed by atoms with Crippen LogP contribution in [0.15, 0.2) is 36.8 Å². The molecule has 0 saturated heterocycles. The molecule has 0 unspecified atom stereocenters. The molecule has 15 heavy (non-hydrogen) atoms. The van der Waals surface area contributed by atoms with Gasteiger partial charge in [-0.3, -0.25) is 4.98 Å². The fourth-order valence-electron chi connectivity index (χ4n) is 1.12. The fraction of sp³-hybridized carbons (Fsp3) is 0.0909. The van der Waals surface area contributed by atoms with Crippen molar-refractivity contribution in [2.24, 2.45) is 0 Å². The Morgan fingerprint density at radius 3 is 2.73 bits per heavy atom. The third-order valence-corrected chi connectivity index (χ3v) is 1.96. The third kappa shape index (κ3) is 2.22. The van der Waals surface area contributed by atoms with Crippen LogP contribution in [0.25, 0.3) is 0 Å². The summed E-state index contributed by atoms with van der Waals surface area (Å²) in [4.78, 5) is 8.02. The summed E-state index contributed by atoms with van der Waals surface area (Å²) in [7, 11) is 0. The van der Waals surface area contributed by atoms with Crippen molar-refractivity contribution in [2.75, 3.05) is 5.73 Å². The first-order valence-corrected chi connectivity index (χ1v) is 4.56. The van der Waals surface area contributed by atoms with Gasteiger partial charge in [0.15, 0.2) is 5.75 Å². The topological polar surface area (TPSA) is 61.0 Å². The maximum Gasteiger partial charge on any atom is 0.219 e. The molecule has 0 saturated carbocycles. The molecule has 0 radical (unpaired) electrons. The van der Waals surface area contributed by atoms with Gasteiger partial charge in [0.1, 0.15) is 0 Å². The van der Waals surface area contributed by atoms with Crippen LogP contribution in [0.5, 0.6) is 11.6 Å². The largest absolute Gasteiger partial charge is 0.437 e. The number of aromatic nitrogens is 2. The van der Waals surface area contributed by atoms with Crippen LogP contribution in [0.1, 0.15) is 5.56 Å². The molecular formula is C11H11N3O. The highest BCUT2D eigenvalue weighted by atomic mass is 16.5. The molecule has 0 fully saturated rings. The lowest BCUT2D eigenvalue weighted by molar-refractivity contribution is 0.457. The van der Waals surface area contributed by atoms with Crippen LogP contribution in [0.2, 0.25) is 0 Å². The predicted octanol–water partition coefficient (Wildman–Crippen LogP) is 2.16. The van der Waals surface area contributed by atoms with E-state index in [1.54, 1.807) is 30.7 Å². The number of anilines is 1. The maximum atomic E-state index is 5.53. The average molecular weight is 201 g/mol. The molecule has 4 heteroatoms. The zero-order valence-corrected chi connectivity index (χ0v) is 8.34. The molecule has 0 aliphatic rings. The summed E-state index contributed by atoms with van der Waals surface area (Å²) in [6.45, 7) is 1.95.